The molecule has 1 rings (SSSR count). The summed E-state index contributed by atoms with van der Waals surface area (Å²) in [6.45, 7) is 5.14. The molecular formula is C10H14N. The lowest BCUT2D eigenvalue weighted by molar-refractivity contribution is 0.764. The molecule has 0 fully saturated rings. The summed E-state index contributed by atoms with van der Waals surface area (Å²) in [6.07, 6.45) is 1.08. The van der Waals surface area contributed by atoms with Gasteiger partial charge in [0.2, 0.25) is 0 Å². The monoisotopic (exact) mass is 148 g/mol. The minimum absolute atomic E-state index is 0.939. The molecule has 11 heavy (non-hydrogen) atoms. The van der Waals surface area contributed by atoms with Gasteiger partial charge in [0, 0.05) is 13.1 Å². The molecule has 0 aliphatic heterocycles. The molecule has 1 radical (unpaired) electrons. The molecule has 0 unspecified atom stereocenters. The number of hydrogen-bond donors (Lipinski definition) is 1. The van der Waals surface area contributed by atoms with Crippen LogP contribution in [0.1, 0.15) is 18.9 Å². The first-order chi connectivity index (χ1) is 5.43. The summed E-state index contributed by atoms with van der Waals surface area (Å²) < 4.78 is 0. The third-order valence-electron chi connectivity index (χ3n) is 1.50. The van der Waals surface area contributed by atoms with Gasteiger partial charge in [0.05, 0.1) is 0 Å². The van der Waals surface area contributed by atoms with E-state index in [2.05, 4.69) is 43.1 Å². The summed E-state index contributed by atoms with van der Waals surface area (Å²) in [5.41, 5.74) is 1.33. The zero-order valence-corrected chi connectivity index (χ0v) is 6.88. The van der Waals surface area contributed by atoms with Crippen molar-refractivity contribution in [2.75, 3.05) is 0 Å². The van der Waals surface area contributed by atoms with E-state index in [4.69, 9.17) is 0 Å². The van der Waals surface area contributed by atoms with Crippen LogP contribution in [0.25, 0.3) is 0 Å². The lowest BCUT2D eigenvalue weighted by Gasteiger charge is -2.00. The smallest absolute Gasteiger partial charge is 0.0221 e. The second-order valence-electron chi connectivity index (χ2n) is 2.48. The molecule has 0 spiro atoms. The van der Waals surface area contributed by atoms with Crippen LogP contribution in [0, 0.1) is 6.54 Å². The Morgan fingerprint density at radius 1 is 1.27 bits per heavy atom. The number of rotatable bonds is 4. The van der Waals surface area contributed by atoms with E-state index in [1.165, 1.54) is 5.56 Å². The van der Waals surface area contributed by atoms with Crippen molar-refractivity contribution in [2.24, 2.45) is 0 Å². The van der Waals surface area contributed by atoms with Crippen LogP contribution >= 0.6 is 0 Å². The molecule has 0 heterocycles. The number of hydrogen-bond acceptors (Lipinski definition) is 1. The molecule has 0 bridgehead atoms. The first-order valence-electron chi connectivity index (χ1n) is 4.02. The van der Waals surface area contributed by atoms with Crippen LogP contribution in [0.15, 0.2) is 30.3 Å². The number of nitrogens with one attached hydrogen (secondary N) is 1. The van der Waals surface area contributed by atoms with E-state index >= 15 is 0 Å². The van der Waals surface area contributed by atoms with Gasteiger partial charge in [-0.1, -0.05) is 37.3 Å². The zero-order valence-electron chi connectivity index (χ0n) is 6.88. The highest BCUT2D eigenvalue weighted by atomic mass is 14.8. The molecule has 1 aromatic rings. The summed E-state index contributed by atoms with van der Waals surface area (Å²) >= 11 is 0. The van der Waals surface area contributed by atoms with Gasteiger partial charge in [-0.3, -0.25) is 0 Å². The Labute approximate surface area is 68.4 Å². The Kier molecular flexibility index (Phi) is 3.70. The minimum Gasteiger partial charge on any atom is -0.308 e. The number of benzene rings is 1. The Hall–Kier alpha value is -0.820. The fraction of sp³-hybridized carbons (Fsp3) is 0.300. The minimum atomic E-state index is 0.939. The Bertz CT molecular complexity index is 181. The molecule has 0 aliphatic rings. The highest BCUT2D eigenvalue weighted by Crippen LogP contribution is 1.97. The molecule has 0 amide bonds. The average Bonchev–Trinajstić information content (AvgIpc) is 2.07. The maximum atomic E-state index is 3.23. The lowest BCUT2D eigenvalue weighted by Crippen LogP contribution is -2.08. The third kappa shape index (κ3) is 3.19. The summed E-state index contributed by atoms with van der Waals surface area (Å²) in [5.74, 6) is 0. The first-order valence-corrected chi connectivity index (χ1v) is 4.02. The van der Waals surface area contributed by atoms with Crippen LogP contribution in [-0.4, -0.2) is 0 Å². The summed E-state index contributed by atoms with van der Waals surface area (Å²) in [7, 11) is 0. The Morgan fingerprint density at radius 3 is 2.64 bits per heavy atom. The molecule has 0 saturated carbocycles. The summed E-state index contributed by atoms with van der Waals surface area (Å²) in [6, 6.07) is 10.4. The van der Waals surface area contributed by atoms with Gasteiger partial charge in [-0.15, -0.1) is 0 Å². The van der Waals surface area contributed by atoms with Gasteiger partial charge in [0.25, 0.3) is 0 Å². The van der Waals surface area contributed by atoms with E-state index in [1.54, 1.807) is 0 Å². The summed E-state index contributed by atoms with van der Waals surface area (Å²) in [5, 5.41) is 3.23. The fourth-order valence-electron chi connectivity index (χ4n) is 0.930. The SMILES string of the molecule is CC[CH]NCc1ccccc1. The third-order valence-corrected chi connectivity index (χ3v) is 1.50. The van der Waals surface area contributed by atoms with Crippen molar-refractivity contribution >= 4 is 0 Å². The van der Waals surface area contributed by atoms with E-state index in [1.807, 2.05) is 6.07 Å². The quantitative estimate of drug-likeness (QED) is 0.646. The van der Waals surface area contributed by atoms with Gasteiger partial charge in [-0.05, 0) is 12.0 Å². The highest BCUT2D eigenvalue weighted by Gasteiger charge is 1.87. The normalized spacial score (nSPS) is 9.91. The van der Waals surface area contributed by atoms with Gasteiger partial charge in [0.1, 0.15) is 0 Å². The molecule has 0 aromatic heterocycles. The Morgan fingerprint density at radius 2 is 2.00 bits per heavy atom. The van der Waals surface area contributed by atoms with Crippen molar-refractivity contribution in [3.63, 3.8) is 0 Å². The lowest BCUT2D eigenvalue weighted by atomic mass is 10.2. The molecular weight excluding hydrogens is 134 g/mol. The van der Waals surface area contributed by atoms with Gasteiger partial charge < -0.3 is 5.32 Å². The van der Waals surface area contributed by atoms with Gasteiger partial charge in [-0.2, -0.15) is 0 Å². The van der Waals surface area contributed by atoms with Crippen molar-refractivity contribution in [1.82, 2.24) is 5.32 Å². The van der Waals surface area contributed by atoms with Crippen LogP contribution in [0.3, 0.4) is 0 Å². The summed E-state index contributed by atoms with van der Waals surface area (Å²) in [4.78, 5) is 0. The van der Waals surface area contributed by atoms with E-state index in [0.717, 1.165) is 13.0 Å². The van der Waals surface area contributed by atoms with Gasteiger partial charge >= 0.3 is 0 Å². The molecule has 1 nitrogen and oxygen atoms in total. The van der Waals surface area contributed by atoms with Crippen LogP contribution in [0.5, 0.6) is 0 Å². The fourth-order valence-corrected chi connectivity index (χ4v) is 0.930. The maximum Gasteiger partial charge on any atom is 0.0221 e. The standard InChI is InChI=1S/C10H14N/c1-2-8-11-9-10-6-4-3-5-7-10/h3-8,11H,2,9H2,1H3. The molecule has 1 heteroatoms. The molecule has 0 atom stereocenters. The topological polar surface area (TPSA) is 12.0 Å². The first kappa shape index (κ1) is 8.28. The van der Waals surface area contributed by atoms with Crippen molar-refractivity contribution < 1.29 is 0 Å². The van der Waals surface area contributed by atoms with Crippen molar-refractivity contribution in [1.29, 1.82) is 0 Å². The molecule has 0 aliphatic carbocycles. The van der Waals surface area contributed by atoms with Crippen molar-refractivity contribution in [3.05, 3.63) is 42.4 Å². The van der Waals surface area contributed by atoms with Crippen LogP contribution in [-0.2, 0) is 6.54 Å². The Balaban J connectivity index is 2.28. The van der Waals surface area contributed by atoms with Gasteiger partial charge in [0.15, 0.2) is 0 Å². The second kappa shape index (κ2) is 4.91. The van der Waals surface area contributed by atoms with E-state index in [0.29, 0.717) is 0 Å². The van der Waals surface area contributed by atoms with Crippen molar-refractivity contribution in [3.8, 4) is 0 Å². The maximum absolute atomic E-state index is 3.23. The van der Waals surface area contributed by atoms with E-state index in [-0.39, 0.29) is 0 Å². The van der Waals surface area contributed by atoms with Crippen LogP contribution < -0.4 is 5.32 Å². The molecule has 1 N–H and O–H groups in total. The van der Waals surface area contributed by atoms with Crippen molar-refractivity contribution in [2.45, 2.75) is 19.9 Å². The van der Waals surface area contributed by atoms with Gasteiger partial charge in [-0.25, -0.2) is 0 Å². The predicted molar refractivity (Wildman–Crippen MR) is 47.9 cm³/mol. The predicted octanol–water partition coefficient (Wildman–Crippen LogP) is 2.35. The highest BCUT2D eigenvalue weighted by molar-refractivity contribution is 5.14. The molecule has 0 saturated heterocycles. The zero-order chi connectivity index (χ0) is 7.94. The van der Waals surface area contributed by atoms with Crippen LogP contribution in [0.4, 0.5) is 0 Å². The largest absolute Gasteiger partial charge is 0.308 e. The second-order valence-corrected chi connectivity index (χ2v) is 2.48. The molecule has 59 valence electrons. The average molecular weight is 148 g/mol. The van der Waals surface area contributed by atoms with E-state index in [9.17, 15) is 0 Å². The molecule has 1 aromatic carbocycles. The van der Waals surface area contributed by atoms with E-state index < -0.39 is 0 Å². The van der Waals surface area contributed by atoms with Crippen LogP contribution in [0.2, 0.25) is 0 Å².